The number of nitrogens with zero attached hydrogens (tertiary/aromatic N) is 1. The quantitative estimate of drug-likeness (QED) is 0.792. The van der Waals surface area contributed by atoms with E-state index in [1.54, 1.807) is 23.6 Å². The Morgan fingerprint density at radius 1 is 1.27 bits per heavy atom. The van der Waals surface area contributed by atoms with Crippen LogP contribution >= 0.6 is 11.3 Å². The normalized spacial score (nSPS) is 11.5. The molecule has 3 rings (SSSR count). The molecule has 0 aliphatic heterocycles. The Morgan fingerprint density at radius 2 is 2.00 bits per heavy atom. The Labute approximate surface area is 129 Å². The van der Waals surface area contributed by atoms with Gasteiger partial charge in [0.25, 0.3) is 12.0 Å². The van der Waals surface area contributed by atoms with Gasteiger partial charge in [-0.05, 0) is 29.5 Å². The molecule has 0 atom stereocenters. The molecule has 3 nitrogen and oxygen atoms in total. The summed E-state index contributed by atoms with van der Waals surface area (Å²) in [6, 6.07) is 8.71. The molecule has 0 bridgehead atoms. The van der Waals surface area contributed by atoms with Crippen LogP contribution in [0.4, 0.5) is 8.78 Å². The molecule has 2 aromatic heterocycles. The molecule has 1 N–H and O–H groups in total. The van der Waals surface area contributed by atoms with E-state index in [1.807, 2.05) is 19.1 Å². The van der Waals surface area contributed by atoms with E-state index in [9.17, 15) is 18.7 Å². The number of hydrogen-bond acceptors (Lipinski definition) is 3. The number of aryl methyl sites for hydroxylation is 1. The highest BCUT2D eigenvalue weighted by atomic mass is 32.1. The van der Waals surface area contributed by atoms with Crippen LogP contribution in [-0.4, -0.2) is 16.1 Å². The molecule has 2 heterocycles. The summed E-state index contributed by atoms with van der Waals surface area (Å²) in [7, 11) is 0. The molecule has 22 heavy (non-hydrogen) atoms. The number of thiophene rings is 1. The van der Waals surface area contributed by atoms with Crippen molar-refractivity contribution in [3.05, 3.63) is 51.6 Å². The summed E-state index contributed by atoms with van der Waals surface area (Å²) in [6.07, 6.45) is -2.64. The standard InChI is InChI=1S/C16H13F2NO2S/c1-9-4-2-3-5-10(9)13-14(20)11-6-7-22-16(11)19(15(13)21)8-12(17)18/h2-7,12,20H,8H2,1H3. The highest BCUT2D eigenvalue weighted by Crippen LogP contribution is 2.36. The first kappa shape index (κ1) is 14.7. The molecule has 1 aromatic carbocycles. The maximum Gasteiger partial charge on any atom is 0.263 e. The van der Waals surface area contributed by atoms with Crippen molar-refractivity contribution in [2.45, 2.75) is 19.9 Å². The highest BCUT2D eigenvalue weighted by molar-refractivity contribution is 7.16. The van der Waals surface area contributed by atoms with Gasteiger partial charge in [0.2, 0.25) is 0 Å². The van der Waals surface area contributed by atoms with E-state index in [0.717, 1.165) is 21.5 Å². The number of alkyl halides is 2. The molecule has 0 saturated heterocycles. The molecule has 0 spiro atoms. The average molecular weight is 321 g/mol. The zero-order valence-corrected chi connectivity index (χ0v) is 12.5. The Balaban J connectivity index is 2.40. The Bertz CT molecular complexity index is 899. The van der Waals surface area contributed by atoms with Gasteiger partial charge in [-0.3, -0.25) is 9.36 Å². The second-order valence-corrected chi connectivity index (χ2v) is 5.88. The summed E-state index contributed by atoms with van der Waals surface area (Å²) in [5.74, 6) is -0.152. The van der Waals surface area contributed by atoms with Crippen LogP contribution in [0.5, 0.6) is 5.75 Å². The first-order valence-electron chi connectivity index (χ1n) is 6.68. The third-order valence-electron chi connectivity index (χ3n) is 3.58. The van der Waals surface area contributed by atoms with Gasteiger partial charge >= 0.3 is 0 Å². The number of pyridine rings is 1. The number of rotatable bonds is 3. The van der Waals surface area contributed by atoms with Gasteiger partial charge in [0.1, 0.15) is 10.6 Å². The van der Waals surface area contributed by atoms with E-state index in [0.29, 0.717) is 15.8 Å². The third-order valence-corrected chi connectivity index (χ3v) is 4.51. The minimum Gasteiger partial charge on any atom is -0.506 e. The van der Waals surface area contributed by atoms with Gasteiger partial charge in [0.05, 0.1) is 17.5 Å². The molecule has 0 aliphatic rings. The van der Waals surface area contributed by atoms with Gasteiger partial charge in [0.15, 0.2) is 0 Å². The Hall–Kier alpha value is -2.21. The van der Waals surface area contributed by atoms with Gasteiger partial charge in [-0.25, -0.2) is 8.78 Å². The topological polar surface area (TPSA) is 42.2 Å². The first-order chi connectivity index (χ1) is 10.5. The summed E-state index contributed by atoms with van der Waals surface area (Å²) < 4.78 is 26.7. The van der Waals surface area contributed by atoms with Gasteiger partial charge in [0, 0.05) is 0 Å². The predicted molar refractivity (Wildman–Crippen MR) is 83.9 cm³/mol. The van der Waals surface area contributed by atoms with E-state index in [1.165, 1.54) is 0 Å². The number of hydrogen-bond donors (Lipinski definition) is 1. The van der Waals surface area contributed by atoms with Crippen LogP contribution in [0.1, 0.15) is 5.56 Å². The van der Waals surface area contributed by atoms with Crippen LogP contribution in [0.25, 0.3) is 21.3 Å². The maximum atomic E-state index is 12.8. The van der Waals surface area contributed by atoms with Crippen molar-refractivity contribution in [3.63, 3.8) is 0 Å². The Morgan fingerprint density at radius 3 is 2.68 bits per heavy atom. The lowest BCUT2D eigenvalue weighted by Gasteiger charge is -2.13. The fraction of sp³-hybridized carbons (Fsp3) is 0.188. The number of fused-ring (bicyclic) bond motifs is 1. The largest absolute Gasteiger partial charge is 0.506 e. The van der Waals surface area contributed by atoms with Crippen LogP contribution in [0.15, 0.2) is 40.5 Å². The van der Waals surface area contributed by atoms with Crippen LogP contribution in [0.3, 0.4) is 0 Å². The highest BCUT2D eigenvalue weighted by Gasteiger charge is 2.21. The smallest absolute Gasteiger partial charge is 0.263 e. The van der Waals surface area contributed by atoms with Crippen molar-refractivity contribution < 1.29 is 13.9 Å². The van der Waals surface area contributed by atoms with Crippen molar-refractivity contribution in [1.29, 1.82) is 0 Å². The molecule has 6 heteroatoms. The molecule has 3 aromatic rings. The number of aromatic hydroxyl groups is 1. The second-order valence-electron chi connectivity index (χ2n) is 4.98. The number of aromatic nitrogens is 1. The Kier molecular flexibility index (Phi) is 3.70. The lowest BCUT2D eigenvalue weighted by atomic mass is 10.00. The van der Waals surface area contributed by atoms with Crippen LogP contribution in [0.2, 0.25) is 0 Å². The molecule has 0 radical (unpaired) electrons. The van der Waals surface area contributed by atoms with Crippen LogP contribution in [-0.2, 0) is 6.54 Å². The van der Waals surface area contributed by atoms with Crippen molar-refractivity contribution in [2.75, 3.05) is 0 Å². The SMILES string of the molecule is Cc1ccccc1-c1c(O)c2ccsc2n(CC(F)F)c1=O. The monoisotopic (exact) mass is 321 g/mol. The molecule has 0 aliphatic carbocycles. The summed E-state index contributed by atoms with van der Waals surface area (Å²) in [4.78, 5) is 13.0. The lowest BCUT2D eigenvalue weighted by Crippen LogP contribution is -2.24. The number of benzene rings is 1. The van der Waals surface area contributed by atoms with E-state index < -0.39 is 18.5 Å². The molecule has 0 unspecified atom stereocenters. The zero-order valence-electron chi connectivity index (χ0n) is 11.7. The second kappa shape index (κ2) is 5.53. The van der Waals surface area contributed by atoms with Gasteiger partial charge < -0.3 is 5.11 Å². The molecule has 0 saturated carbocycles. The molecule has 0 amide bonds. The van der Waals surface area contributed by atoms with Crippen molar-refractivity contribution in [1.82, 2.24) is 4.57 Å². The van der Waals surface area contributed by atoms with E-state index in [-0.39, 0.29) is 11.3 Å². The van der Waals surface area contributed by atoms with E-state index >= 15 is 0 Å². The number of halogens is 2. The minimum atomic E-state index is -2.64. The van der Waals surface area contributed by atoms with Crippen molar-refractivity contribution in [2.24, 2.45) is 0 Å². The molecular weight excluding hydrogens is 308 g/mol. The van der Waals surface area contributed by atoms with E-state index in [4.69, 9.17) is 0 Å². The fourth-order valence-electron chi connectivity index (χ4n) is 2.55. The van der Waals surface area contributed by atoms with Crippen LogP contribution in [0, 0.1) is 6.92 Å². The zero-order chi connectivity index (χ0) is 15.9. The first-order valence-corrected chi connectivity index (χ1v) is 7.55. The molecule has 0 fully saturated rings. The average Bonchev–Trinajstić information content (AvgIpc) is 2.95. The third kappa shape index (κ3) is 2.29. The van der Waals surface area contributed by atoms with Gasteiger partial charge in [-0.1, -0.05) is 24.3 Å². The predicted octanol–water partition coefficient (Wildman–Crippen LogP) is 4.01. The molecular formula is C16H13F2NO2S. The van der Waals surface area contributed by atoms with Crippen LogP contribution < -0.4 is 5.56 Å². The van der Waals surface area contributed by atoms with Gasteiger partial charge in [-0.2, -0.15) is 0 Å². The summed E-state index contributed by atoms with van der Waals surface area (Å²) in [6.45, 7) is 1.12. The van der Waals surface area contributed by atoms with E-state index in [2.05, 4.69) is 0 Å². The van der Waals surface area contributed by atoms with Gasteiger partial charge in [-0.15, -0.1) is 11.3 Å². The summed E-state index contributed by atoms with van der Waals surface area (Å²) in [5, 5.41) is 12.6. The minimum absolute atomic E-state index is 0.0738. The van der Waals surface area contributed by atoms with Crippen molar-refractivity contribution >= 4 is 21.6 Å². The molecule has 114 valence electrons. The lowest BCUT2D eigenvalue weighted by molar-refractivity contribution is 0.127. The summed E-state index contributed by atoms with van der Waals surface area (Å²) in [5.41, 5.74) is 0.834. The maximum absolute atomic E-state index is 12.8. The fourth-order valence-corrected chi connectivity index (χ4v) is 3.46. The van der Waals surface area contributed by atoms with Crippen molar-refractivity contribution in [3.8, 4) is 16.9 Å². The summed E-state index contributed by atoms with van der Waals surface area (Å²) >= 11 is 1.16.